The van der Waals surface area contributed by atoms with Crippen LogP contribution in [0.5, 0.6) is 11.5 Å². The third kappa shape index (κ3) is 5.09. The van der Waals surface area contributed by atoms with Gasteiger partial charge in [-0.25, -0.2) is 0 Å². The summed E-state index contributed by atoms with van der Waals surface area (Å²) in [7, 11) is 7.92. The molecule has 3 atom stereocenters. The summed E-state index contributed by atoms with van der Waals surface area (Å²) in [6, 6.07) is 28.6. The number of hydrogen-bond acceptors (Lipinski definition) is 5. The van der Waals surface area contributed by atoms with Crippen LogP contribution in [0.25, 0.3) is 0 Å². The molecule has 0 aliphatic carbocycles. The van der Waals surface area contributed by atoms with Gasteiger partial charge in [-0.15, -0.1) is 0 Å². The highest BCUT2D eigenvalue weighted by atomic mass is 16.5. The maximum Gasteiger partial charge on any atom is 0.160 e. The molecule has 38 heavy (non-hydrogen) atoms. The molecule has 5 heteroatoms. The minimum atomic E-state index is 0.189. The summed E-state index contributed by atoms with van der Waals surface area (Å²) in [5.41, 5.74) is 5.35. The first-order chi connectivity index (χ1) is 18.5. The highest BCUT2D eigenvalue weighted by Crippen LogP contribution is 2.48. The van der Waals surface area contributed by atoms with E-state index in [1.807, 2.05) is 6.07 Å². The van der Waals surface area contributed by atoms with Gasteiger partial charge in [0, 0.05) is 24.9 Å². The van der Waals surface area contributed by atoms with E-state index in [0.717, 1.165) is 24.5 Å². The highest BCUT2D eigenvalue weighted by molar-refractivity contribution is 5.43. The van der Waals surface area contributed by atoms with Gasteiger partial charge in [-0.05, 0) is 54.9 Å². The molecular weight excluding hydrogens is 470 g/mol. The van der Waals surface area contributed by atoms with E-state index >= 15 is 0 Å². The second-order valence-corrected chi connectivity index (χ2v) is 10.4. The van der Waals surface area contributed by atoms with Crippen LogP contribution in [0.15, 0.2) is 103 Å². The van der Waals surface area contributed by atoms with Crippen molar-refractivity contribution in [2.45, 2.75) is 31.6 Å². The van der Waals surface area contributed by atoms with Gasteiger partial charge in [-0.2, -0.15) is 0 Å². The van der Waals surface area contributed by atoms with Gasteiger partial charge in [-0.3, -0.25) is 9.80 Å². The lowest BCUT2D eigenvalue weighted by atomic mass is 9.93. The number of benzene rings is 3. The van der Waals surface area contributed by atoms with Crippen molar-refractivity contribution < 1.29 is 9.47 Å². The van der Waals surface area contributed by atoms with Crippen LogP contribution in [0.4, 0.5) is 0 Å². The summed E-state index contributed by atoms with van der Waals surface area (Å²) < 4.78 is 10.9. The van der Waals surface area contributed by atoms with E-state index in [0.29, 0.717) is 5.92 Å². The van der Waals surface area contributed by atoms with Gasteiger partial charge in [-0.1, -0.05) is 79.7 Å². The van der Waals surface area contributed by atoms with Crippen LogP contribution < -0.4 is 9.47 Å². The first kappa shape index (κ1) is 26.1. The quantitative estimate of drug-likeness (QED) is 0.356. The third-order valence-electron chi connectivity index (χ3n) is 8.04. The molecule has 2 aliphatic heterocycles. The van der Waals surface area contributed by atoms with E-state index in [2.05, 4.69) is 127 Å². The standard InChI is InChI=1S/C33H39N3O2/c1-24-18-20-36(21-19-25-16-17-29(37-4)30(22-25)38-5)23-28(24)33-34(2)31(26-12-8-6-9-13-26)32(35(33)3)27-14-10-7-11-15-27/h6-18,20,22-24,31-33H,19,21H2,1-5H3/t24-,31+,32+/m1/s1. The van der Waals surface area contributed by atoms with Crippen molar-refractivity contribution in [1.29, 1.82) is 0 Å². The summed E-state index contributed by atoms with van der Waals surface area (Å²) in [5, 5.41) is 0. The summed E-state index contributed by atoms with van der Waals surface area (Å²) >= 11 is 0. The second-order valence-electron chi connectivity index (χ2n) is 10.4. The molecule has 5 nitrogen and oxygen atoms in total. The van der Waals surface area contributed by atoms with Crippen LogP contribution in [0.3, 0.4) is 0 Å². The number of allylic oxidation sites excluding steroid dienone is 1. The molecule has 0 radical (unpaired) electrons. The molecule has 198 valence electrons. The van der Waals surface area contributed by atoms with Gasteiger partial charge >= 0.3 is 0 Å². The van der Waals surface area contributed by atoms with Crippen molar-refractivity contribution in [2.75, 3.05) is 34.9 Å². The molecule has 1 saturated heterocycles. The van der Waals surface area contributed by atoms with E-state index in [1.165, 1.54) is 22.3 Å². The predicted molar refractivity (Wildman–Crippen MR) is 154 cm³/mol. The van der Waals surface area contributed by atoms with E-state index in [-0.39, 0.29) is 18.2 Å². The average molecular weight is 510 g/mol. The Morgan fingerprint density at radius 3 is 1.87 bits per heavy atom. The minimum absolute atomic E-state index is 0.189. The van der Waals surface area contributed by atoms with E-state index < -0.39 is 0 Å². The number of hydrogen-bond donors (Lipinski definition) is 0. The normalized spacial score (nSPS) is 22.5. The van der Waals surface area contributed by atoms with Gasteiger partial charge in [0.15, 0.2) is 11.5 Å². The van der Waals surface area contributed by atoms with Crippen molar-refractivity contribution >= 4 is 0 Å². The third-order valence-corrected chi connectivity index (χ3v) is 8.04. The van der Waals surface area contributed by atoms with E-state index in [9.17, 15) is 0 Å². The monoisotopic (exact) mass is 509 g/mol. The first-order valence-corrected chi connectivity index (χ1v) is 13.4. The molecule has 2 aliphatic rings. The Labute approximate surface area is 227 Å². The summed E-state index contributed by atoms with van der Waals surface area (Å²) in [4.78, 5) is 7.45. The van der Waals surface area contributed by atoms with Gasteiger partial charge in [0.2, 0.25) is 0 Å². The Bertz CT molecular complexity index is 1220. The molecule has 0 saturated carbocycles. The van der Waals surface area contributed by atoms with Gasteiger partial charge in [0.05, 0.1) is 32.5 Å². The average Bonchev–Trinajstić information content (AvgIpc) is 3.22. The van der Waals surface area contributed by atoms with E-state index in [4.69, 9.17) is 9.47 Å². The van der Waals surface area contributed by atoms with Crippen LogP contribution >= 0.6 is 0 Å². The predicted octanol–water partition coefficient (Wildman–Crippen LogP) is 6.28. The molecule has 0 unspecified atom stereocenters. The fraction of sp³-hybridized carbons (Fsp3) is 0.333. The van der Waals surface area contributed by atoms with Crippen LogP contribution in [0.2, 0.25) is 0 Å². The lowest BCUT2D eigenvalue weighted by Gasteiger charge is -2.35. The van der Waals surface area contributed by atoms with Crippen LogP contribution in [0.1, 0.15) is 35.7 Å². The first-order valence-electron chi connectivity index (χ1n) is 13.4. The summed E-state index contributed by atoms with van der Waals surface area (Å²) in [6.07, 6.45) is 8.04. The lowest BCUT2D eigenvalue weighted by Crippen LogP contribution is -2.40. The Morgan fingerprint density at radius 1 is 0.737 bits per heavy atom. The largest absolute Gasteiger partial charge is 0.493 e. The molecule has 3 aromatic rings. The zero-order valence-corrected chi connectivity index (χ0v) is 23.1. The molecule has 0 bridgehead atoms. The van der Waals surface area contributed by atoms with Gasteiger partial charge in [0.1, 0.15) is 0 Å². The Morgan fingerprint density at radius 2 is 1.32 bits per heavy atom. The van der Waals surface area contributed by atoms with Crippen LogP contribution in [-0.2, 0) is 6.42 Å². The molecule has 2 heterocycles. The molecule has 5 rings (SSSR count). The number of rotatable bonds is 8. The zero-order chi connectivity index (χ0) is 26.6. The summed E-state index contributed by atoms with van der Waals surface area (Å²) in [6.45, 7) is 3.20. The van der Waals surface area contributed by atoms with Crippen molar-refractivity contribution in [1.82, 2.24) is 14.7 Å². The topological polar surface area (TPSA) is 28.2 Å². The fourth-order valence-electron chi connectivity index (χ4n) is 6.08. The van der Waals surface area contributed by atoms with Crippen molar-refractivity contribution in [2.24, 2.45) is 5.92 Å². The lowest BCUT2D eigenvalue weighted by molar-refractivity contribution is 0.184. The molecule has 0 aromatic heterocycles. The van der Waals surface area contributed by atoms with E-state index in [1.54, 1.807) is 14.2 Å². The molecule has 0 N–H and O–H groups in total. The maximum atomic E-state index is 5.51. The fourth-order valence-corrected chi connectivity index (χ4v) is 6.08. The molecule has 1 fully saturated rings. The number of ether oxygens (including phenoxy) is 2. The van der Waals surface area contributed by atoms with Crippen molar-refractivity contribution in [3.8, 4) is 11.5 Å². The van der Waals surface area contributed by atoms with Gasteiger partial charge < -0.3 is 14.4 Å². The zero-order valence-electron chi connectivity index (χ0n) is 23.1. The molecule has 0 spiro atoms. The SMILES string of the molecule is COc1ccc(CCN2C=C[C@@H](C)C(C3N(C)[C@@H](c4ccccc4)[C@H](c4ccccc4)N3C)=C2)cc1OC. The Kier molecular flexibility index (Phi) is 7.87. The maximum absolute atomic E-state index is 5.51. The van der Waals surface area contributed by atoms with Crippen LogP contribution in [0, 0.1) is 5.92 Å². The Balaban J connectivity index is 1.41. The van der Waals surface area contributed by atoms with Crippen molar-refractivity contribution in [3.63, 3.8) is 0 Å². The number of likely N-dealkylation sites (N-methyl/N-ethyl adjacent to an activating group) is 2. The van der Waals surface area contributed by atoms with Crippen molar-refractivity contribution in [3.05, 3.63) is 120 Å². The number of methoxy groups -OCH3 is 2. The summed E-state index contributed by atoms with van der Waals surface area (Å²) in [5.74, 6) is 1.89. The molecule has 0 amide bonds. The second kappa shape index (κ2) is 11.5. The molecular formula is C33H39N3O2. The smallest absolute Gasteiger partial charge is 0.160 e. The molecule has 3 aromatic carbocycles. The van der Waals surface area contributed by atoms with Gasteiger partial charge in [0.25, 0.3) is 0 Å². The number of nitrogens with zero attached hydrogens (tertiary/aromatic N) is 3. The Hall–Kier alpha value is -3.54. The van der Waals surface area contributed by atoms with Crippen LogP contribution in [-0.4, -0.2) is 55.7 Å². The highest BCUT2D eigenvalue weighted by Gasteiger charge is 2.46. The minimum Gasteiger partial charge on any atom is -0.493 e.